The summed E-state index contributed by atoms with van der Waals surface area (Å²) in [6, 6.07) is 5.10. The minimum atomic E-state index is -3.81. The quantitative estimate of drug-likeness (QED) is 0.591. The SMILES string of the molecule is Cn1cc(-c2nn(C)cc2NS(=O)(=O)c2cccc3scnc23)cn1. The molecule has 0 atom stereocenters. The standard InChI is InChI=1S/C15H14N6O2S2/c1-20-7-10(6-17-20)14-11(8-21(2)18-14)19-25(22,23)13-5-3-4-12-15(13)16-9-24-12/h3-9,19H,1-2H3. The number of sulfonamides is 1. The van der Waals surface area contributed by atoms with Gasteiger partial charge in [0.2, 0.25) is 0 Å². The fourth-order valence-electron chi connectivity index (χ4n) is 2.60. The number of nitrogens with zero attached hydrogens (tertiary/aromatic N) is 5. The van der Waals surface area contributed by atoms with E-state index in [4.69, 9.17) is 0 Å². The number of hydrogen-bond acceptors (Lipinski definition) is 6. The largest absolute Gasteiger partial charge is 0.276 e. The first-order valence-electron chi connectivity index (χ1n) is 7.32. The maximum Gasteiger partial charge on any atom is 0.264 e. The van der Waals surface area contributed by atoms with Crippen molar-refractivity contribution in [3.8, 4) is 11.3 Å². The molecule has 128 valence electrons. The molecule has 1 aromatic carbocycles. The molecule has 0 saturated heterocycles. The molecule has 0 fully saturated rings. The minimum absolute atomic E-state index is 0.146. The monoisotopic (exact) mass is 374 g/mol. The Morgan fingerprint density at radius 2 is 2.00 bits per heavy atom. The molecule has 0 aliphatic rings. The zero-order valence-electron chi connectivity index (χ0n) is 13.4. The number of anilines is 1. The number of benzene rings is 1. The van der Waals surface area contributed by atoms with Crippen LogP contribution in [0.25, 0.3) is 21.5 Å². The van der Waals surface area contributed by atoms with Gasteiger partial charge in [-0.05, 0) is 12.1 Å². The Morgan fingerprint density at radius 1 is 1.16 bits per heavy atom. The third kappa shape index (κ3) is 2.79. The molecule has 0 bridgehead atoms. The summed E-state index contributed by atoms with van der Waals surface area (Å²) in [4.78, 5) is 4.33. The highest BCUT2D eigenvalue weighted by molar-refractivity contribution is 7.93. The maximum absolute atomic E-state index is 12.9. The fourth-order valence-corrected chi connectivity index (χ4v) is 4.59. The van der Waals surface area contributed by atoms with Crippen LogP contribution in [0.2, 0.25) is 0 Å². The van der Waals surface area contributed by atoms with Gasteiger partial charge < -0.3 is 0 Å². The minimum Gasteiger partial charge on any atom is -0.276 e. The van der Waals surface area contributed by atoms with Gasteiger partial charge in [0.25, 0.3) is 10.0 Å². The molecule has 1 N–H and O–H groups in total. The van der Waals surface area contributed by atoms with E-state index >= 15 is 0 Å². The van der Waals surface area contributed by atoms with Gasteiger partial charge in [0.15, 0.2) is 0 Å². The van der Waals surface area contributed by atoms with E-state index in [1.807, 2.05) is 6.07 Å². The van der Waals surface area contributed by atoms with Crippen molar-refractivity contribution in [2.24, 2.45) is 14.1 Å². The Morgan fingerprint density at radius 3 is 2.76 bits per heavy atom. The molecule has 25 heavy (non-hydrogen) atoms. The lowest BCUT2D eigenvalue weighted by molar-refractivity contribution is 0.602. The Bertz CT molecular complexity index is 1170. The summed E-state index contributed by atoms with van der Waals surface area (Å²) < 4.78 is 32.5. The lowest BCUT2D eigenvalue weighted by Crippen LogP contribution is -2.13. The van der Waals surface area contributed by atoms with Crippen LogP contribution in [0.5, 0.6) is 0 Å². The summed E-state index contributed by atoms with van der Waals surface area (Å²) in [6.07, 6.45) is 5.05. The highest BCUT2D eigenvalue weighted by Gasteiger charge is 2.22. The van der Waals surface area contributed by atoms with Crippen LogP contribution >= 0.6 is 11.3 Å². The van der Waals surface area contributed by atoms with Crippen LogP contribution in [-0.2, 0) is 24.1 Å². The van der Waals surface area contributed by atoms with Gasteiger partial charge in [-0.2, -0.15) is 10.2 Å². The highest BCUT2D eigenvalue weighted by atomic mass is 32.2. The zero-order chi connectivity index (χ0) is 17.6. The predicted molar refractivity (Wildman–Crippen MR) is 95.8 cm³/mol. The molecule has 0 saturated carbocycles. The van der Waals surface area contributed by atoms with Crippen LogP contribution in [0, 0.1) is 0 Å². The summed E-state index contributed by atoms with van der Waals surface area (Å²) in [7, 11) is -0.281. The van der Waals surface area contributed by atoms with Gasteiger partial charge in [-0.25, -0.2) is 13.4 Å². The molecule has 3 heterocycles. The summed E-state index contributed by atoms with van der Waals surface area (Å²) in [6.45, 7) is 0. The first kappa shape index (κ1) is 15.8. The van der Waals surface area contributed by atoms with Gasteiger partial charge in [-0.15, -0.1) is 11.3 Å². The number of fused-ring (bicyclic) bond motifs is 1. The topological polar surface area (TPSA) is 94.7 Å². The van der Waals surface area contributed by atoms with E-state index in [2.05, 4.69) is 19.9 Å². The first-order chi connectivity index (χ1) is 11.9. The third-order valence-corrected chi connectivity index (χ3v) is 5.86. The number of aryl methyl sites for hydroxylation is 2. The summed E-state index contributed by atoms with van der Waals surface area (Å²) >= 11 is 1.40. The smallest absolute Gasteiger partial charge is 0.264 e. The fraction of sp³-hybridized carbons (Fsp3) is 0.133. The van der Waals surface area contributed by atoms with Crippen LogP contribution in [0.1, 0.15) is 0 Å². The van der Waals surface area contributed by atoms with E-state index in [1.165, 1.54) is 11.3 Å². The van der Waals surface area contributed by atoms with Gasteiger partial charge in [0.05, 0.1) is 22.1 Å². The molecule has 0 aliphatic heterocycles. The maximum atomic E-state index is 12.9. The molecule has 8 nitrogen and oxygen atoms in total. The molecule has 0 radical (unpaired) electrons. The zero-order valence-corrected chi connectivity index (χ0v) is 15.0. The van der Waals surface area contributed by atoms with E-state index < -0.39 is 10.0 Å². The van der Waals surface area contributed by atoms with Crippen molar-refractivity contribution in [2.45, 2.75) is 4.90 Å². The average Bonchev–Trinajstić information content (AvgIpc) is 3.26. The molecular formula is C15H14N6O2S2. The highest BCUT2D eigenvalue weighted by Crippen LogP contribution is 2.30. The van der Waals surface area contributed by atoms with Crippen molar-refractivity contribution < 1.29 is 8.42 Å². The van der Waals surface area contributed by atoms with Crippen LogP contribution in [0.4, 0.5) is 5.69 Å². The molecule has 0 spiro atoms. The molecule has 4 aromatic rings. The van der Waals surface area contributed by atoms with Gasteiger partial charge in [0, 0.05) is 32.1 Å². The Hall–Kier alpha value is -2.72. The van der Waals surface area contributed by atoms with Crippen molar-refractivity contribution >= 4 is 37.3 Å². The van der Waals surface area contributed by atoms with Crippen LogP contribution < -0.4 is 4.72 Å². The van der Waals surface area contributed by atoms with Crippen molar-refractivity contribution in [3.63, 3.8) is 0 Å². The second-order valence-corrected chi connectivity index (χ2v) is 8.07. The van der Waals surface area contributed by atoms with Crippen LogP contribution in [0.3, 0.4) is 0 Å². The lowest BCUT2D eigenvalue weighted by atomic mass is 10.2. The summed E-state index contributed by atoms with van der Waals surface area (Å²) in [5, 5.41) is 8.46. The predicted octanol–water partition coefficient (Wildman–Crippen LogP) is 2.23. The first-order valence-corrected chi connectivity index (χ1v) is 9.68. The van der Waals surface area contributed by atoms with E-state index in [1.54, 1.807) is 59.7 Å². The molecular weight excluding hydrogens is 360 g/mol. The normalized spacial score (nSPS) is 11.9. The third-order valence-electron chi connectivity index (χ3n) is 3.66. The number of hydrogen-bond donors (Lipinski definition) is 1. The van der Waals surface area contributed by atoms with Crippen molar-refractivity contribution in [2.75, 3.05) is 4.72 Å². The van der Waals surface area contributed by atoms with Crippen LogP contribution in [-0.4, -0.2) is 33.0 Å². The Balaban J connectivity index is 1.79. The van der Waals surface area contributed by atoms with Gasteiger partial charge >= 0.3 is 0 Å². The number of nitrogens with one attached hydrogen (secondary N) is 1. The Kier molecular flexibility index (Phi) is 3.58. The number of aromatic nitrogens is 5. The summed E-state index contributed by atoms with van der Waals surface area (Å²) in [5.41, 5.74) is 3.74. The van der Waals surface area contributed by atoms with Crippen molar-refractivity contribution in [3.05, 3.63) is 42.3 Å². The second-order valence-electron chi connectivity index (χ2n) is 5.53. The van der Waals surface area contributed by atoms with E-state index in [9.17, 15) is 8.42 Å². The number of thiazole rings is 1. The number of para-hydroxylation sites is 1. The second kappa shape index (κ2) is 5.67. The molecule has 0 aliphatic carbocycles. The lowest BCUT2D eigenvalue weighted by Gasteiger charge is -2.08. The molecule has 0 unspecified atom stereocenters. The van der Waals surface area contributed by atoms with Crippen molar-refractivity contribution in [1.29, 1.82) is 0 Å². The Labute approximate surface area is 147 Å². The molecule has 4 rings (SSSR count). The van der Waals surface area contributed by atoms with Crippen LogP contribution in [0.15, 0.2) is 47.2 Å². The molecule has 0 amide bonds. The van der Waals surface area contributed by atoms with Gasteiger partial charge in [0.1, 0.15) is 16.1 Å². The van der Waals surface area contributed by atoms with Gasteiger partial charge in [-0.1, -0.05) is 6.07 Å². The molecule has 10 heteroatoms. The number of rotatable bonds is 4. The van der Waals surface area contributed by atoms with Gasteiger partial charge in [-0.3, -0.25) is 14.1 Å². The molecule has 3 aromatic heterocycles. The van der Waals surface area contributed by atoms with E-state index in [-0.39, 0.29) is 4.90 Å². The average molecular weight is 374 g/mol. The van der Waals surface area contributed by atoms with Crippen molar-refractivity contribution in [1.82, 2.24) is 24.5 Å². The van der Waals surface area contributed by atoms with E-state index in [0.29, 0.717) is 16.9 Å². The van der Waals surface area contributed by atoms with E-state index in [0.717, 1.165) is 10.3 Å². The summed E-state index contributed by atoms with van der Waals surface area (Å²) in [5.74, 6) is 0.